The lowest BCUT2D eigenvalue weighted by molar-refractivity contribution is 1.05. The Kier molecular flexibility index (Phi) is 3.01. The first kappa shape index (κ1) is 10.9. The molecule has 0 aliphatic rings. The third-order valence-electron chi connectivity index (χ3n) is 2.55. The van der Waals surface area contributed by atoms with Crippen LogP contribution in [0.1, 0.15) is 11.1 Å². The average molecular weight is 285 g/mol. The van der Waals surface area contributed by atoms with Crippen LogP contribution in [-0.2, 0) is 6.54 Å². The molecular weight excluding hydrogens is 273 g/mol. The van der Waals surface area contributed by atoms with E-state index in [2.05, 4.69) is 35.0 Å². The van der Waals surface area contributed by atoms with E-state index in [1.54, 1.807) is 0 Å². The number of hydrogen-bond donors (Lipinski definition) is 1. The molecule has 2 N–H and O–H groups in total. The Labute approximate surface area is 102 Å². The molecule has 2 aromatic rings. The van der Waals surface area contributed by atoms with E-state index in [1.807, 2.05) is 12.1 Å². The Hall–Kier alpha value is -0.570. The molecule has 0 atom stereocenters. The number of halogens is 2. The van der Waals surface area contributed by atoms with Crippen LogP contribution in [-0.4, -0.2) is 0 Å². The van der Waals surface area contributed by atoms with Crippen LogP contribution in [0.25, 0.3) is 10.8 Å². The summed E-state index contributed by atoms with van der Waals surface area (Å²) in [5.74, 6) is 0. The summed E-state index contributed by atoms with van der Waals surface area (Å²) in [6.07, 6.45) is 0. The van der Waals surface area contributed by atoms with Crippen LogP contribution in [0.2, 0.25) is 5.02 Å². The average Bonchev–Trinajstić information content (AvgIpc) is 2.20. The van der Waals surface area contributed by atoms with E-state index in [4.69, 9.17) is 17.3 Å². The van der Waals surface area contributed by atoms with E-state index in [9.17, 15) is 0 Å². The second kappa shape index (κ2) is 4.12. The van der Waals surface area contributed by atoms with Gasteiger partial charge in [0.25, 0.3) is 0 Å². The highest BCUT2D eigenvalue weighted by Crippen LogP contribution is 2.29. The predicted octanol–water partition coefficient (Wildman–Crippen LogP) is 4.02. The fourth-order valence-corrected chi connectivity index (χ4v) is 2.21. The Morgan fingerprint density at radius 2 is 1.87 bits per heavy atom. The van der Waals surface area contributed by atoms with E-state index in [1.165, 1.54) is 16.5 Å². The number of hydrogen-bond acceptors (Lipinski definition) is 1. The first-order valence-electron chi connectivity index (χ1n) is 4.70. The standard InChI is InChI=1S/C12H11BrClN/c1-7-2-8-4-11(13)12(14)5-9(8)3-10(7)6-15/h2-5H,6,15H2,1H3. The summed E-state index contributed by atoms with van der Waals surface area (Å²) >= 11 is 9.46. The second-order valence-corrected chi connectivity index (χ2v) is 4.86. The zero-order chi connectivity index (χ0) is 11.0. The van der Waals surface area contributed by atoms with Crippen molar-refractivity contribution in [1.82, 2.24) is 0 Å². The number of fused-ring (bicyclic) bond motifs is 1. The van der Waals surface area contributed by atoms with Gasteiger partial charge in [-0.05, 0) is 63.0 Å². The maximum absolute atomic E-state index is 6.04. The van der Waals surface area contributed by atoms with Gasteiger partial charge in [-0.15, -0.1) is 0 Å². The second-order valence-electron chi connectivity index (χ2n) is 3.60. The number of nitrogens with two attached hydrogens (primary N) is 1. The van der Waals surface area contributed by atoms with Crippen molar-refractivity contribution in [2.24, 2.45) is 5.73 Å². The molecule has 0 heterocycles. The minimum absolute atomic E-state index is 0.565. The first-order chi connectivity index (χ1) is 7.11. The van der Waals surface area contributed by atoms with Gasteiger partial charge in [-0.25, -0.2) is 0 Å². The zero-order valence-corrected chi connectivity index (χ0v) is 10.7. The van der Waals surface area contributed by atoms with Crippen LogP contribution < -0.4 is 5.73 Å². The highest BCUT2D eigenvalue weighted by molar-refractivity contribution is 9.10. The maximum atomic E-state index is 6.04. The minimum Gasteiger partial charge on any atom is -0.326 e. The van der Waals surface area contributed by atoms with Crippen molar-refractivity contribution >= 4 is 38.3 Å². The molecule has 15 heavy (non-hydrogen) atoms. The fraction of sp³-hybridized carbons (Fsp3) is 0.167. The van der Waals surface area contributed by atoms with Gasteiger partial charge in [0.05, 0.1) is 5.02 Å². The Morgan fingerprint density at radius 3 is 2.53 bits per heavy atom. The Morgan fingerprint density at radius 1 is 1.20 bits per heavy atom. The van der Waals surface area contributed by atoms with Gasteiger partial charge in [0, 0.05) is 11.0 Å². The number of benzene rings is 2. The third kappa shape index (κ3) is 2.03. The fourth-order valence-electron chi connectivity index (χ4n) is 1.68. The van der Waals surface area contributed by atoms with Crippen LogP contribution in [0.3, 0.4) is 0 Å². The van der Waals surface area contributed by atoms with Crippen molar-refractivity contribution in [3.63, 3.8) is 0 Å². The lowest BCUT2D eigenvalue weighted by Gasteiger charge is -2.07. The lowest BCUT2D eigenvalue weighted by Crippen LogP contribution is -1.98. The monoisotopic (exact) mass is 283 g/mol. The van der Waals surface area contributed by atoms with Crippen LogP contribution in [0.4, 0.5) is 0 Å². The van der Waals surface area contributed by atoms with Gasteiger partial charge < -0.3 is 5.73 Å². The van der Waals surface area contributed by atoms with Crippen molar-refractivity contribution in [3.05, 3.63) is 44.9 Å². The van der Waals surface area contributed by atoms with E-state index in [0.717, 1.165) is 14.9 Å². The normalized spacial score (nSPS) is 10.9. The highest BCUT2D eigenvalue weighted by Gasteiger charge is 2.03. The minimum atomic E-state index is 0.565. The Bertz CT molecular complexity index is 523. The number of rotatable bonds is 1. The molecule has 0 aromatic heterocycles. The molecule has 3 heteroatoms. The summed E-state index contributed by atoms with van der Waals surface area (Å²) in [6, 6.07) is 8.23. The summed E-state index contributed by atoms with van der Waals surface area (Å²) in [6.45, 7) is 2.64. The largest absolute Gasteiger partial charge is 0.326 e. The van der Waals surface area contributed by atoms with E-state index in [-0.39, 0.29) is 0 Å². The van der Waals surface area contributed by atoms with Crippen molar-refractivity contribution in [2.75, 3.05) is 0 Å². The van der Waals surface area contributed by atoms with Crippen molar-refractivity contribution in [3.8, 4) is 0 Å². The van der Waals surface area contributed by atoms with Crippen molar-refractivity contribution in [1.29, 1.82) is 0 Å². The molecule has 0 spiro atoms. The SMILES string of the molecule is Cc1cc2cc(Br)c(Cl)cc2cc1CN. The molecule has 2 aromatic carbocycles. The molecular formula is C12H11BrClN. The zero-order valence-electron chi connectivity index (χ0n) is 8.35. The van der Waals surface area contributed by atoms with Crippen LogP contribution >= 0.6 is 27.5 Å². The number of aryl methyl sites for hydroxylation is 1. The summed E-state index contributed by atoms with van der Waals surface area (Å²) < 4.78 is 0.927. The molecule has 0 saturated carbocycles. The molecule has 0 aliphatic carbocycles. The van der Waals surface area contributed by atoms with Gasteiger partial charge in [-0.3, -0.25) is 0 Å². The summed E-state index contributed by atoms with van der Waals surface area (Å²) in [5.41, 5.74) is 8.06. The quantitative estimate of drug-likeness (QED) is 0.841. The van der Waals surface area contributed by atoms with E-state index >= 15 is 0 Å². The first-order valence-corrected chi connectivity index (χ1v) is 5.87. The molecule has 0 fully saturated rings. The summed E-state index contributed by atoms with van der Waals surface area (Å²) in [7, 11) is 0. The van der Waals surface area contributed by atoms with Gasteiger partial charge in [-0.2, -0.15) is 0 Å². The molecule has 0 radical (unpaired) electrons. The smallest absolute Gasteiger partial charge is 0.0554 e. The topological polar surface area (TPSA) is 26.0 Å². The van der Waals surface area contributed by atoms with Crippen molar-refractivity contribution < 1.29 is 0 Å². The molecule has 0 bridgehead atoms. The summed E-state index contributed by atoms with van der Waals surface area (Å²) in [4.78, 5) is 0. The molecule has 0 saturated heterocycles. The molecule has 2 rings (SSSR count). The van der Waals surface area contributed by atoms with Gasteiger partial charge in [-0.1, -0.05) is 17.7 Å². The summed E-state index contributed by atoms with van der Waals surface area (Å²) in [5, 5.41) is 3.05. The molecule has 1 nitrogen and oxygen atoms in total. The third-order valence-corrected chi connectivity index (χ3v) is 3.75. The molecule has 0 amide bonds. The van der Waals surface area contributed by atoms with Gasteiger partial charge >= 0.3 is 0 Å². The molecule has 0 unspecified atom stereocenters. The van der Waals surface area contributed by atoms with Gasteiger partial charge in [0.2, 0.25) is 0 Å². The highest BCUT2D eigenvalue weighted by atomic mass is 79.9. The predicted molar refractivity (Wildman–Crippen MR) is 69.3 cm³/mol. The van der Waals surface area contributed by atoms with Crippen LogP contribution in [0, 0.1) is 6.92 Å². The van der Waals surface area contributed by atoms with Gasteiger partial charge in [0.15, 0.2) is 0 Å². The van der Waals surface area contributed by atoms with E-state index in [0.29, 0.717) is 6.54 Å². The van der Waals surface area contributed by atoms with Crippen LogP contribution in [0.5, 0.6) is 0 Å². The van der Waals surface area contributed by atoms with Crippen LogP contribution in [0.15, 0.2) is 28.7 Å². The maximum Gasteiger partial charge on any atom is 0.0554 e. The lowest BCUT2D eigenvalue weighted by atomic mass is 10.0. The van der Waals surface area contributed by atoms with Crippen molar-refractivity contribution in [2.45, 2.75) is 13.5 Å². The van der Waals surface area contributed by atoms with Gasteiger partial charge in [0.1, 0.15) is 0 Å². The van der Waals surface area contributed by atoms with E-state index < -0.39 is 0 Å². The molecule has 78 valence electrons. The molecule has 0 aliphatic heterocycles. The Balaban J connectivity index is 2.76.